The fourth-order valence-electron chi connectivity index (χ4n) is 1.80. The Labute approximate surface area is 104 Å². The number of benzene rings is 2. The van der Waals surface area contributed by atoms with Crippen molar-refractivity contribution in [3.05, 3.63) is 70.8 Å². The van der Waals surface area contributed by atoms with Crippen LogP contribution < -0.4 is 0 Å². The van der Waals surface area contributed by atoms with Gasteiger partial charge in [-0.05, 0) is 48.2 Å². The number of hydrogen-bond acceptors (Lipinski definition) is 1. The smallest absolute Gasteiger partial charge is 0.124 e. The lowest BCUT2D eigenvalue weighted by atomic mass is 10.0. The molecule has 0 N–H and O–H groups in total. The minimum absolute atomic E-state index is 0.266. The highest BCUT2D eigenvalue weighted by atomic mass is 19.1. The summed E-state index contributed by atoms with van der Waals surface area (Å²) in [6, 6.07) is 12.4. The molecule has 2 aromatic rings. The van der Waals surface area contributed by atoms with Gasteiger partial charge in [0.2, 0.25) is 0 Å². The van der Waals surface area contributed by atoms with Gasteiger partial charge in [0.25, 0.3) is 0 Å². The molecule has 0 aliphatic heterocycles. The van der Waals surface area contributed by atoms with Crippen molar-refractivity contribution in [1.29, 1.82) is 5.26 Å². The molecule has 3 heteroatoms. The summed E-state index contributed by atoms with van der Waals surface area (Å²) in [6.07, 6.45) is 1.33. The Bertz CT molecular complexity index is 582. The Morgan fingerprint density at radius 2 is 1.56 bits per heavy atom. The fraction of sp³-hybridized carbons (Fsp3) is 0.133. The standard InChI is InChI=1S/C15H11F2N/c16-14-6-2-11(3-7-14)1-4-12-5-8-15(17)9-13(12)10-18/h2-3,5-9H,1,4H2. The van der Waals surface area contributed by atoms with E-state index in [0.717, 1.165) is 11.1 Å². The monoisotopic (exact) mass is 243 g/mol. The lowest BCUT2D eigenvalue weighted by Gasteiger charge is -2.04. The second kappa shape index (κ2) is 5.42. The van der Waals surface area contributed by atoms with Gasteiger partial charge in [0.05, 0.1) is 11.6 Å². The van der Waals surface area contributed by atoms with E-state index in [4.69, 9.17) is 5.26 Å². The third kappa shape index (κ3) is 2.92. The van der Waals surface area contributed by atoms with Crippen molar-refractivity contribution in [2.24, 2.45) is 0 Å². The van der Waals surface area contributed by atoms with Crippen molar-refractivity contribution in [1.82, 2.24) is 0 Å². The van der Waals surface area contributed by atoms with Gasteiger partial charge in [0.1, 0.15) is 11.6 Å². The topological polar surface area (TPSA) is 23.8 Å². The Hall–Kier alpha value is -2.21. The Morgan fingerprint density at radius 3 is 2.22 bits per heavy atom. The maximum Gasteiger partial charge on any atom is 0.124 e. The summed E-state index contributed by atoms with van der Waals surface area (Å²) >= 11 is 0. The maximum atomic E-state index is 12.9. The molecule has 0 aromatic heterocycles. The van der Waals surface area contributed by atoms with Crippen molar-refractivity contribution in [3.8, 4) is 6.07 Å². The van der Waals surface area contributed by atoms with Crippen LogP contribution >= 0.6 is 0 Å². The highest BCUT2D eigenvalue weighted by Crippen LogP contribution is 2.14. The first-order valence-corrected chi connectivity index (χ1v) is 5.62. The minimum atomic E-state index is -0.405. The van der Waals surface area contributed by atoms with Crippen LogP contribution in [0.15, 0.2) is 42.5 Å². The number of hydrogen-bond donors (Lipinski definition) is 0. The third-order valence-corrected chi connectivity index (χ3v) is 2.79. The van der Waals surface area contributed by atoms with Gasteiger partial charge in [-0.2, -0.15) is 5.26 Å². The molecule has 0 aliphatic rings. The zero-order chi connectivity index (χ0) is 13.0. The molecule has 90 valence electrons. The maximum absolute atomic E-state index is 12.9. The largest absolute Gasteiger partial charge is 0.207 e. The molecule has 0 radical (unpaired) electrons. The van der Waals surface area contributed by atoms with Crippen molar-refractivity contribution in [2.75, 3.05) is 0 Å². The summed E-state index contributed by atoms with van der Waals surface area (Å²) in [6.45, 7) is 0. The SMILES string of the molecule is N#Cc1cc(F)ccc1CCc1ccc(F)cc1. The van der Waals surface area contributed by atoms with Crippen LogP contribution in [-0.2, 0) is 12.8 Å². The van der Waals surface area contributed by atoms with E-state index in [1.807, 2.05) is 6.07 Å². The molecule has 0 aliphatic carbocycles. The Kier molecular flexibility index (Phi) is 3.69. The lowest BCUT2D eigenvalue weighted by Crippen LogP contribution is -1.95. The molecular weight excluding hydrogens is 232 g/mol. The van der Waals surface area contributed by atoms with Gasteiger partial charge in [0.15, 0.2) is 0 Å². The number of rotatable bonds is 3. The van der Waals surface area contributed by atoms with Gasteiger partial charge < -0.3 is 0 Å². The summed E-state index contributed by atoms with van der Waals surface area (Å²) in [5, 5.41) is 8.91. The summed E-state index contributed by atoms with van der Waals surface area (Å²) in [5.41, 5.74) is 2.16. The molecule has 2 aromatic carbocycles. The van der Waals surface area contributed by atoms with Gasteiger partial charge in [-0.15, -0.1) is 0 Å². The molecule has 0 saturated heterocycles. The van der Waals surface area contributed by atoms with Crippen LogP contribution in [0.1, 0.15) is 16.7 Å². The summed E-state index contributed by atoms with van der Waals surface area (Å²) in [5.74, 6) is -0.671. The highest BCUT2D eigenvalue weighted by molar-refractivity contribution is 5.38. The van der Waals surface area contributed by atoms with Crippen LogP contribution in [-0.4, -0.2) is 0 Å². The van der Waals surface area contributed by atoms with Crippen molar-refractivity contribution < 1.29 is 8.78 Å². The first-order valence-electron chi connectivity index (χ1n) is 5.62. The second-order valence-corrected chi connectivity index (χ2v) is 4.04. The number of halogens is 2. The van der Waals surface area contributed by atoms with E-state index in [9.17, 15) is 8.78 Å². The number of aryl methyl sites for hydroxylation is 2. The van der Waals surface area contributed by atoms with Gasteiger partial charge in [-0.1, -0.05) is 18.2 Å². The Morgan fingerprint density at radius 1 is 0.889 bits per heavy atom. The van der Waals surface area contributed by atoms with Crippen molar-refractivity contribution in [2.45, 2.75) is 12.8 Å². The minimum Gasteiger partial charge on any atom is -0.207 e. The molecule has 0 unspecified atom stereocenters. The van der Waals surface area contributed by atoms with E-state index in [0.29, 0.717) is 18.4 Å². The number of nitrogens with zero attached hydrogens (tertiary/aromatic N) is 1. The van der Waals surface area contributed by atoms with Gasteiger partial charge >= 0.3 is 0 Å². The normalized spacial score (nSPS) is 10.1. The quantitative estimate of drug-likeness (QED) is 0.807. The highest BCUT2D eigenvalue weighted by Gasteiger charge is 2.04. The molecule has 0 saturated carbocycles. The molecule has 0 atom stereocenters. The number of nitriles is 1. The van der Waals surface area contributed by atoms with Crippen molar-refractivity contribution >= 4 is 0 Å². The first kappa shape index (κ1) is 12.3. The van der Waals surface area contributed by atoms with E-state index in [-0.39, 0.29) is 5.82 Å². The molecule has 0 fully saturated rings. The van der Waals surface area contributed by atoms with E-state index >= 15 is 0 Å². The fourth-order valence-corrected chi connectivity index (χ4v) is 1.80. The van der Waals surface area contributed by atoms with Gasteiger partial charge in [-0.3, -0.25) is 0 Å². The van der Waals surface area contributed by atoms with Crippen molar-refractivity contribution in [3.63, 3.8) is 0 Å². The zero-order valence-corrected chi connectivity index (χ0v) is 9.66. The molecule has 0 amide bonds. The molecule has 2 rings (SSSR count). The third-order valence-electron chi connectivity index (χ3n) is 2.79. The first-order chi connectivity index (χ1) is 8.69. The Balaban J connectivity index is 2.11. The molecule has 0 bridgehead atoms. The summed E-state index contributed by atoms with van der Waals surface area (Å²) < 4.78 is 25.7. The zero-order valence-electron chi connectivity index (χ0n) is 9.66. The predicted octanol–water partition coefficient (Wildman–Crippen LogP) is 3.62. The molecule has 0 spiro atoms. The second-order valence-electron chi connectivity index (χ2n) is 4.04. The van der Waals surface area contributed by atoms with Crippen LogP contribution in [0.5, 0.6) is 0 Å². The molecule has 0 heterocycles. The van der Waals surface area contributed by atoms with E-state index in [1.165, 1.54) is 24.3 Å². The van der Waals surface area contributed by atoms with E-state index < -0.39 is 5.82 Å². The molecule has 18 heavy (non-hydrogen) atoms. The van der Waals surface area contributed by atoms with Crippen LogP contribution in [0.3, 0.4) is 0 Å². The molecular formula is C15H11F2N. The van der Waals surface area contributed by atoms with Gasteiger partial charge in [-0.25, -0.2) is 8.78 Å². The van der Waals surface area contributed by atoms with Crippen LogP contribution in [0.2, 0.25) is 0 Å². The van der Waals surface area contributed by atoms with E-state index in [2.05, 4.69) is 0 Å². The van der Waals surface area contributed by atoms with Crippen LogP contribution in [0.4, 0.5) is 8.78 Å². The lowest BCUT2D eigenvalue weighted by molar-refractivity contribution is 0.625. The molecule has 1 nitrogen and oxygen atoms in total. The van der Waals surface area contributed by atoms with Crippen LogP contribution in [0.25, 0.3) is 0 Å². The van der Waals surface area contributed by atoms with Crippen LogP contribution in [0, 0.1) is 23.0 Å². The predicted molar refractivity (Wildman–Crippen MR) is 64.9 cm³/mol. The average molecular weight is 243 g/mol. The average Bonchev–Trinajstić information content (AvgIpc) is 2.39. The van der Waals surface area contributed by atoms with E-state index in [1.54, 1.807) is 18.2 Å². The summed E-state index contributed by atoms with van der Waals surface area (Å²) in [7, 11) is 0. The summed E-state index contributed by atoms with van der Waals surface area (Å²) in [4.78, 5) is 0. The van der Waals surface area contributed by atoms with Gasteiger partial charge in [0, 0.05) is 0 Å².